The Morgan fingerprint density at radius 2 is 1.85 bits per heavy atom. The number of methoxy groups -OCH3 is 2. The highest BCUT2D eigenvalue weighted by molar-refractivity contribution is 8.01. The number of ether oxygens (including phenoxy) is 2. The van der Waals surface area contributed by atoms with Gasteiger partial charge in [0.25, 0.3) is 0 Å². The van der Waals surface area contributed by atoms with Crippen molar-refractivity contribution in [2.24, 2.45) is 0 Å². The molecule has 3 heterocycles. The fraction of sp³-hybridized carbons (Fsp3) is 0.286. The molecule has 4 rings (SSSR count). The van der Waals surface area contributed by atoms with E-state index in [9.17, 15) is 4.39 Å². The molecule has 0 fully saturated rings. The van der Waals surface area contributed by atoms with Gasteiger partial charge in [-0.25, -0.2) is 19.3 Å². The zero-order chi connectivity index (χ0) is 23.4. The Labute approximate surface area is 198 Å². The van der Waals surface area contributed by atoms with Gasteiger partial charge < -0.3 is 9.47 Å². The minimum atomic E-state index is -0.457. The van der Waals surface area contributed by atoms with E-state index in [1.54, 1.807) is 14.2 Å². The molecule has 0 aliphatic heterocycles. The number of aryl methyl sites for hydroxylation is 1. The molecule has 1 atom stereocenters. The summed E-state index contributed by atoms with van der Waals surface area (Å²) in [4.78, 5) is 12.6. The number of halogens is 1. The number of rotatable bonds is 9. The molecule has 1 unspecified atom stereocenters. The largest absolute Gasteiger partial charge is 0.494 e. The number of hydrogen-bond donors (Lipinski definition) is 1. The third kappa shape index (κ3) is 5.06. The molecule has 0 bridgehead atoms. The molecule has 4 aromatic rings. The summed E-state index contributed by atoms with van der Waals surface area (Å²) in [5, 5.41) is 11.5. The molecule has 172 valence electrons. The van der Waals surface area contributed by atoms with E-state index in [0.717, 1.165) is 10.7 Å². The second-order valence-electron chi connectivity index (χ2n) is 7.04. The summed E-state index contributed by atoms with van der Waals surface area (Å²) in [5.74, 6) is 2.35. The van der Waals surface area contributed by atoms with Gasteiger partial charge in [0.1, 0.15) is 23.0 Å². The summed E-state index contributed by atoms with van der Waals surface area (Å²) in [6, 6.07) is 5.55. The van der Waals surface area contributed by atoms with Gasteiger partial charge in [-0.2, -0.15) is 0 Å². The lowest BCUT2D eigenvalue weighted by atomic mass is 10.2. The second-order valence-corrected chi connectivity index (χ2v) is 9.14. The number of para-hydroxylation sites is 1. The van der Waals surface area contributed by atoms with E-state index < -0.39 is 5.82 Å². The maximum absolute atomic E-state index is 13.1. The van der Waals surface area contributed by atoms with Gasteiger partial charge in [0.05, 0.1) is 26.6 Å². The number of nitrogens with one attached hydrogen (secondary N) is 1. The van der Waals surface area contributed by atoms with Crippen LogP contribution >= 0.6 is 23.3 Å². The predicted octanol–water partition coefficient (Wildman–Crippen LogP) is 4.34. The van der Waals surface area contributed by atoms with Crippen LogP contribution in [0.2, 0.25) is 0 Å². The molecule has 0 saturated carbocycles. The molecule has 0 aliphatic carbocycles. The van der Waals surface area contributed by atoms with Crippen LogP contribution in [-0.4, -0.2) is 49.2 Å². The summed E-state index contributed by atoms with van der Waals surface area (Å²) in [6.45, 7) is 3.94. The Kier molecular flexibility index (Phi) is 7.04. The van der Waals surface area contributed by atoms with Crippen LogP contribution in [0.15, 0.2) is 36.0 Å². The molecule has 12 heteroatoms. The quantitative estimate of drug-likeness (QED) is 0.346. The van der Waals surface area contributed by atoms with E-state index in [1.165, 1.54) is 35.7 Å². The normalized spacial score (nSPS) is 11.9. The van der Waals surface area contributed by atoms with E-state index in [1.807, 2.05) is 42.0 Å². The van der Waals surface area contributed by atoms with Crippen molar-refractivity contribution in [1.29, 1.82) is 0 Å². The van der Waals surface area contributed by atoms with Gasteiger partial charge >= 0.3 is 0 Å². The third-order valence-electron chi connectivity index (χ3n) is 4.59. The van der Waals surface area contributed by atoms with Crippen molar-refractivity contribution < 1.29 is 13.9 Å². The van der Waals surface area contributed by atoms with Gasteiger partial charge in [-0.1, -0.05) is 13.0 Å². The zero-order valence-corrected chi connectivity index (χ0v) is 20.1. The van der Waals surface area contributed by atoms with Crippen molar-refractivity contribution in [2.45, 2.75) is 25.5 Å². The number of aromatic nitrogens is 6. The fourth-order valence-electron chi connectivity index (χ4n) is 3.11. The highest BCUT2D eigenvalue weighted by Gasteiger charge is 2.24. The van der Waals surface area contributed by atoms with Gasteiger partial charge in [0.15, 0.2) is 16.6 Å². The number of anilines is 1. The van der Waals surface area contributed by atoms with Gasteiger partial charge in [-0.15, -0.1) is 21.5 Å². The molecule has 33 heavy (non-hydrogen) atoms. The first kappa shape index (κ1) is 22.9. The summed E-state index contributed by atoms with van der Waals surface area (Å²) in [5.41, 5.74) is 1.56. The first-order valence-corrected chi connectivity index (χ1v) is 11.7. The predicted molar refractivity (Wildman–Crippen MR) is 127 cm³/mol. The maximum Gasteiger partial charge on any atom is 0.239 e. The van der Waals surface area contributed by atoms with Crippen molar-refractivity contribution in [2.75, 3.05) is 18.9 Å². The first-order chi connectivity index (χ1) is 16.0. The number of thiazole rings is 1. The van der Waals surface area contributed by atoms with Crippen molar-refractivity contribution in [3.05, 3.63) is 53.3 Å². The van der Waals surface area contributed by atoms with Gasteiger partial charge in [-0.3, -0.25) is 9.29 Å². The van der Waals surface area contributed by atoms with E-state index in [0.29, 0.717) is 41.2 Å². The molecule has 0 radical (unpaired) electrons. The topological polar surface area (TPSA) is 99.9 Å². The molecule has 1 aromatic carbocycles. The van der Waals surface area contributed by atoms with E-state index in [-0.39, 0.29) is 5.25 Å². The Morgan fingerprint density at radius 3 is 2.45 bits per heavy atom. The molecule has 9 nitrogen and oxygen atoms in total. The van der Waals surface area contributed by atoms with Crippen LogP contribution in [0.3, 0.4) is 0 Å². The van der Waals surface area contributed by atoms with Crippen molar-refractivity contribution in [3.63, 3.8) is 0 Å². The molecule has 0 amide bonds. The van der Waals surface area contributed by atoms with Crippen LogP contribution in [0, 0.1) is 12.7 Å². The van der Waals surface area contributed by atoms with Crippen LogP contribution < -0.4 is 14.2 Å². The summed E-state index contributed by atoms with van der Waals surface area (Å²) in [6.07, 6.45) is 2.88. The van der Waals surface area contributed by atoms with Crippen LogP contribution in [0.1, 0.15) is 18.4 Å². The zero-order valence-electron chi connectivity index (χ0n) is 18.4. The van der Waals surface area contributed by atoms with Crippen molar-refractivity contribution >= 4 is 29.2 Å². The van der Waals surface area contributed by atoms with E-state index >= 15 is 0 Å². The van der Waals surface area contributed by atoms with Crippen LogP contribution in [-0.2, 0) is 6.42 Å². The molecular formula is C21H22FN7O2S2. The highest BCUT2D eigenvalue weighted by atomic mass is 32.2. The summed E-state index contributed by atoms with van der Waals surface area (Å²) >= 11 is 2.91. The lowest BCUT2D eigenvalue weighted by molar-refractivity contribution is 0.391. The average molecular weight is 488 g/mol. The van der Waals surface area contributed by atoms with E-state index in [4.69, 9.17) is 9.47 Å². The van der Waals surface area contributed by atoms with Gasteiger partial charge in [0.2, 0.25) is 5.95 Å². The number of nitrogens with zero attached hydrogens (tertiary/aromatic N) is 6. The molecule has 0 spiro atoms. The van der Waals surface area contributed by atoms with Crippen LogP contribution in [0.5, 0.6) is 11.5 Å². The highest BCUT2D eigenvalue weighted by Crippen LogP contribution is 2.38. The first-order valence-electron chi connectivity index (χ1n) is 9.97. The minimum absolute atomic E-state index is 0.0609. The molecule has 1 N–H and O–H groups in total. The Bertz CT molecular complexity index is 1210. The SMILES string of the molecule is COc1cccc(OC)c1-n1c(NSC(C)Cc2ncc(F)cn2)nnc1-c1nc(C)cs1. The van der Waals surface area contributed by atoms with Gasteiger partial charge in [0, 0.05) is 22.7 Å². The fourth-order valence-corrected chi connectivity index (χ4v) is 4.55. The standard InChI is InChI=1S/C21H22FN7O2S2/c1-12-11-32-20(25-12)19-26-27-21(28-33-13(2)8-17-23-9-14(22)10-24-17)29(19)18-15(30-3)6-5-7-16(18)31-4/h5-7,9-11,13H,8H2,1-4H3,(H,27,28). The van der Waals surface area contributed by atoms with Crippen LogP contribution in [0.25, 0.3) is 16.5 Å². The van der Waals surface area contributed by atoms with Crippen LogP contribution in [0.4, 0.5) is 10.3 Å². The molecule has 0 saturated heterocycles. The third-order valence-corrected chi connectivity index (χ3v) is 6.42. The lowest BCUT2D eigenvalue weighted by Gasteiger charge is -2.17. The Morgan fingerprint density at radius 1 is 1.15 bits per heavy atom. The summed E-state index contributed by atoms with van der Waals surface area (Å²) < 4.78 is 29.4. The number of hydrogen-bond acceptors (Lipinski definition) is 10. The lowest BCUT2D eigenvalue weighted by Crippen LogP contribution is -2.11. The summed E-state index contributed by atoms with van der Waals surface area (Å²) in [7, 11) is 3.20. The van der Waals surface area contributed by atoms with E-state index in [2.05, 4.69) is 29.9 Å². The second kappa shape index (κ2) is 10.1. The smallest absolute Gasteiger partial charge is 0.239 e. The average Bonchev–Trinajstić information content (AvgIpc) is 3.44. The molecular weight excluding hydrogens is 465 g/mol. The number of benzene rings is 1. The Hall–Kier alpha value is -3.25. The maximum atomic E-state index is 13.1. The van der Waals surface area contributed by atoms with Crippen molar-refractivity contribution in [1.82, 2.24) is 29.7 Å². The van der Waals surface area contributed by atoms with Crippen molar-refractivity contribution in [3.8, 4) is 28.0 Å². The monoisotopic (exact) mass is 487 g/mol. The molecule has 3 aromatic heterocycles. The van der Waals surface area contributed by atoms with Gasteiger partial charge in [-0.05, 0) is 31.0 Å². The minimum Gasteiger partial charge on any atom is -0.494 e. The Balaban J connectivity index is 1.68. The molecule has 0 aliphatic rings.